The standard InChI is InChI=1S/C17H29N3O3/c1-2-20-15(22)13(14(21)12-6-4-3-5-7-12)19-16(23)17(20)8-10-18-11-9-17/h12-14,18,21H,2-11H2,1H3,(H,19,23)/t13-,14-/m1/s1. The van der Waals surface area contributed by atoms with Crippen LogP contribution in [0.2, 0.25) is 0 Å². The Balaban J connectivity index is 1.79. The highest BCUT2D eigenvalue weighted by Gasteiger charge is 2.54. The maximum Gasteiger partial charge on any atom is 0.248 e. The second kappa shape index (κ2) is 6.77. The van der Waals surface area contributed by atoms with Crippen LogP contribution >= 0.6 is 0 Å². The quantitative estimate of drug-likeness (QED) is 0.702. The van der Waals surface area contributed by atoms with Gasteiger partial charge in [-0.2, -0.15) is 0 Å². The lowest BCUT2D eigenvalue weighted by Crippen LogP contribution is -2.74. The van der Waals surface area contributed by atoms with Crippen molar-refractivity contribution < 1.29 is 14.7 Å². The van der Waals surface area contributed by atoms with Crippen LogP contribution in [-0.2, 0) is 9.59 Å². The molecule has 1 saturated carbocycles. The molecule has 1 aliphatic carbocycles. The van der Waals surface area contributed by atoms with Gasteiger partial charge in [-0.15, -0.1) is 0 Å². The molecule has 0 aromatic rings. The lowest BCUT2D eigenvalue weighted by Gasteiger charge is -2.51. The van der Waals surface area contributed by atoms with Gasteiger partial charge in [0, 0.05) is 6.54 Å². The predicted molar refractivity (Wildman–Crippen MR) is 86.7 cm³/mol. The molecule has 0 aromatic heterocycles. The largest absolute Gasteiger partial charge is 0.390 e. The fourth-order valence-electron chi connectivity index (χ4n) is 4.61. The van der Waals surface area contributed by atoms with Crippen LogP contribution in [0.3, 0.4) is 0 Å². The van der Waals surface area contributed by atoms with E-state index in [1.54, 1.807) is 4.90 Å². The number of rotatable bonds is 3. The molecule has 3 aliphatic rings. The Bertz CT molecular complexity index is 456. The topological polar surface area (TPSA) is 81.7 Å². The summed E-state index contributed by atoms with van der Waals surface area (Å²) in [7, 11) is 0. The minimum Gasteiger partial charge on any atom is -0.390 e. The molecule has 3 fully saturated rings. The number of likely N-dealkylation sites (N-methyl/N-ethyl adjacent to an activating group) is 1. The van der Waals surface area contributed by atoms with E-state index >= 15 is 0 Å². The van der Waals surface area contributed by atoms with Crippen molar-refractivity contribution in [2.24, 2.45) is 5.92 Å². The third kappa shape index (κ3) is 2.87. The fourth-order valence-corrected chi connectivity index (χ4v) is 4.61. The van der Waals surface area contributed by atoms with Gasteiger partial charge in [-0.25, -0.2) is 0 Å². The molecule has 2 atom stereocenters. The molecular weight excluding hydrogens is 294 g/mol. The Morgan fingerprint density at radius 2 is 1.87 bits per heavy atom. The summed E-state index contributed by atoms with van der Waals surface area (Å²) >= 11 is 0. The average molecular weight is 323 g/mol. The number of hydrogen-bond donors (Lipinski definition) is 3. The lowest BCUT2D eigenvalue weighted by molar-refractivity contribution is -0.163. The Labute approximate surface area is 138 Å². The Kier molecular flexibility index (Phi) is 4.92. The molecule has 2 amide bonds. The van der Waals surface area contributed by atoms with Gasteiger partial charge in [-0.05, 0) is 51.6 Å². The molecule has 6 nitrogen and oxygen atoms in total. The third-order valence-electron chi connectivity index (χ3n) is 5.98. The summed E-state index contributed by atoms with van der Waals surface area (Å²) in [5, 5.41) is 16.8. The summed E-state index contributed by atoms with van der Waals surface area (Å²) in [4.78, 5) is 27.6. The SMILES string of the molecule is CCN1C(=O)[C@@H]([C@H](O)C2CCCCC2)NC(=O)C12CCNCC2. The number of carbonyl (C=O) groups excluding carboxylic acids is 2. The number of nitrogens with zero attached hydrogens (tertiary/aromatic N) is 1. The smallest absolute Gasteiger partial charge is 0.248 e. The first-order valence-corrected chi connectivity index (χ1v) is 9.11. The van der Waals surface area contributed by atoms with Crippen molar-refractivity contribution in [2.75, 3.05) is 19.6 Å². The maximum absolute atomic E-state index is 13.0. The van der Waals surface area contributed by atoms with E-state index in [1.807, 2.05) is 6.92 Å². The van der Waals surface area contributed by atoms with Crippen LogP contribution in [0.5, 0.6) is 0 Å². The first kappa shape index (κ1) is 16.7. The zero-order valence-electron chi connectivity index (χ0n) is 14.0. The van der Waals surface area contributed by atoms with Gasteiger partial charge >= 0.3 is 0 Å². The van der Waals surface area contributed by atoms with Crippen LogP contribution in [0.25, 0.3) is 0 Å². The third-order valence-corrected chi connectivity index (χ3v) is 5.98. The highest BCUT2D eigenvalue weighted by molar-refractivity contribution is 6.00. The van der Waals surface area contributed by atoms with Crippen molar-refractivity contribution >= 4 is 11.8 Å². The maximum atomic E-state index is 13.0. The van der Waals surface area contributed by atoms with Crippen molar-refractivity contribution in [3.05, 3.63) is 0 Å². The molecule has 3 rings (SSSR count). The second-order valence-electron chi connectivity index (χ2n) is 7.20. The normalized spacial score (nSPS) is 30.3. The van der Waals surface area contributed by atoms with Crippen LogP contribution in [-0.4, -0.2) is 59.1 Å². The summed E-state index contributed by atoms with van der Waals surface area (Å²) < 4.78 is 0. The molecule has 3 N–H and O–H groups in total. The molecule has 130 valence electrons. The van der Waals surface area contributed by atoms with E-state index in [-0.39, 0.29) is 17.7 Å². The zero-order chi connectivity index (χ0) is 16.4. The molecule has 6 heteroatoms. The Morgan fingerprint density at radius 3 is 2.48 bits per heavy atom. The monoisotopic (exact) mass is 323 g/mol. The first-order chi connectivity index (χ1) is 11.1. The number of nitrogens with one attached hydrogen (secondary N) is 2. The summed E-state index contributed by atoms with van der Waals surface area (Å²) in [6.07, 6.45) is 5.82. The van der Waals surface area contributed by atoms with Gasteiger partial charge < -0.3 is 20.6 Å². The fraction of sp³-hybridized carbons (Fsp3) is 0.882. The Morgan fingerprint density at radius 1 is 1.22 bits per heavy atom. The van der Waals surface area contributed by atoms with Crippen LogP contribution in [0.1, 0.15) is 51.9 Å². The van der Waals surface area contributed by atoms with Crippen molar-refractivity contribution in [1.29, 1.82) is 0 Å². The number of amides is 2. The van der Waals surface area contributed by atoms with Crippen LogP contribution in [0, 0.1) is 5.92 Å². The summed E-state index contributed by atoms with van der Waals surface area (Å²) in [6.45, 7) is 3.92. The molecule has 2 heterocycles. The lowest BCUT2D eigenvalue weighted by atomic mass is 9.78. The summed E-state index contributed by atoms with van der Waals surface area (Å²) in [6, 6.07) is -0.772. The molecule has 2 saturated heterocycles. The average Bonchev–Trinajstić information content (AvgIpc) is 2.60. The van der Waals surface area contributed by atoms with Crippen molar-refractivity contribution in [1.82, 2.24) is 15.5 Å². The van der Waals surface area contributed by atoms with Crippen molar-refractivity contribution in [3.63, 3.8) is 0 Å². The summed E-state index contributed by atoms with van der Waals surface area (Å²) in [5.74, 6) is -0.0637. The highest BCUT2D eigenvalue weighted by Crippen LogP contribution is 2.34. The molecule has 0 radical (unpaired) electrons. The Hall–Kier alpha value is -1.14. The van der Waals surface area contributed by atoms with Gasteiger partial charge in [0.25, 0.3) is 0 Å². The zero-order valence-corrected chi connectivity index (χ0v) is 14.0. The van der Waals surface area contributed by atoms with Gasteiger partial charge in [0.15, 0.2) is 0 Å². The first-order valence-electron chi connectivity index (χ1n) is 9.11. The molecule has 0 aromatic carbocycles. The number of hydrogen-bond acceptors (Lipinski definition) is 4. The number of aliphatic hydroxyl groups excluding tert-OH is 1. The van der Waals surface area contributed by atoms with E-state index in [9.17, 15) is 14.7 Å². The van der Waals surface area contributed by atoms with E-state index < -0.39 is 17.7 Å². The molecule has 1 spiro atoms. The number of aliphatic hydroxyl groups is 1. The molecular formula is C17H29N3O3. The molecule has 2 aliphatic heterocycles. The van der Waals surface area contributed by atoms with Crippen LogP contribution in [0.4, 0.5) is 0 Å². The molecule has 23 heavy (non-hydrogen) atoms. The van der Waals surface area contributed by atoms with Crippen molar-refractivity contribution in [3.8, 4) is 0 Å². The minimum atomic E-state index is -0.772. The number of piperidine rings is 1. The van der Waals surface area contributed by atoms with Gasteiger partial charge in [-0.1, -0.05) is 19.3 Å². The number of piperazine rings is 1. The molecule has 0 unspecified atom stereocenters. The second-order valence-corrected chi connectivity index (χ2v) is 7.20. The van der Waals surface area contributed by atoms with Crippen molar-refractivity contribution in [2.45, 2.75) is 69.6 Å². The molecule has 0 bridgehead atoms. The van der Waals surface area contributed by atoms with Crippen LogP contribution in [0.15, 0.2) is 0 Å². The van der Waals surface area contributed by atoms with Gasteiger partial charge in [0.1, 0.15) is 11.6 Å². The van der Waals surface area contributed by atoms with Crippen LogP contribution < -0.4 is 10.6 Å². The van der Waals surface area contributed by atoms with Gasteiger partial charge in [0.05, 0.1) is 6.10 Å². The van der Waals surface area contributed by atoms with Gasteiger partial charge in [-0.3, -0.25) is 9.59 Å². The van der Waals surface area contributed by atoms with E-state index in [2.05, 4.69) is 10.6 Å². The van der Waals surface area contributed by atoms with E-state index in [0.29, 0.717) is 19.4 Å². The van der Waals surface area contributed by atoms with E-state index in [1.165, 1.54) is 6.42 Å². The summed E-state index contributed by atoms with van der Waals surface area (Å²) in [5.41, 5.74) is -0.722. The van der Waals surface area contributed by atoms with E-state index in [4.69, 9.17) is 0 Å². The predicted octanol–water partition coefficient (Wildman–Crippen LogP) is 0.397. The van der Waals surface area contributed by atoms with Gasteiger partial charge in [0.2, 0.25) is 11.8 Å². The van der Waals surface area contributed by atoms with E-state index in [0.717, 1.165) is 38.8 Å². The number of carbonyl (C=O) groups is 2. The highest BCUT2D eigenvalue weighted by atomic mass is 16.3. The minimum absolute atomic E-state index is 0.0830.